The van der Waals surface area contributed by atoms with Crippen molar-refractivity contribution in [2.75, 3.05) is 34.4 Å². The van der Waals surface area contributed by atoms with Crippen LogP contribution in [-0.4, -0.2) is 52.9 Å². The van der Waals surface area contributed by atoms with Crippen LogP contribution in [0.5, 0.6) is 17.2 Å². The molecule has 1 fully saturated rings. The van der Waals surface area contributed by atoms with E-state index in [0.717, 1.165) is 12.1 Å². The molecule has 0 aliphatic carbocycles. The highest BCUT2D eigenvalue weighted by atomic mass is 32.2. The number of rotatable bonds is 7. The van der Waals surface area contributed by atoms with E-state index in [4.69, 9.17) is 19.5 Å². The summed E-state index contributed by atoms with van der Waals surface area (Å²) in [5, 5.41) is 9.07. The monoisotopic (exact) mass is 548 g/mol. The van der Waals surface area contributed by atoms with Crippen LogP contribution in [-0.2, 0) is 14.8 Å². The number of Topliss-reactive ketones (excluding diaryl/α,β-unsaturated/α-hetero) is 1. The predicted molar refractivity (Wildman–Crippen MR) is 143 cm³/mol. The largest absolute Gasteiger partial charge is 0.493 e. The lowest BCUT2D eigenvalue weighted by Crippen LogP contribution is -2.41. The average Bonchev–Trinajstić information content (AvgIpc) is 2.95. The summed E-state index contributed by atoms with van der Waals surface area (Å²) in [5.41, 5.74) is 2.06. The van der Waals surface area contributed by atoms with Crippen molar-refractivity contribution in [1.29, 1.82) is 5.26 Å². The number of ketones is 1. The van der Waals surface area contributed by atoms with Gasteiger partial charge in [0.25, 0.3) is 0 Å². The first-order valence-corrected chi connectivity index (χ1v) is 13.2. The van der Waals surface area contributed by atoms with Crippen molar-refractivity contribution in [1.82, 2.24) is 4.31 Å². The Hall–Kier alpha value is -4.46. The lowest BCUT2D eigenvalue weighted by Gasteiger charge is -2.29. The maximum absolute atomic E-state index is 13.6. The third kappa shape index (κ3) is 5.85. The summed E-state index contributed by atoms with van der Waals surface area (Å²) in [6.07, 6.45) is 3.17. The van der Waals surface area contributed by atoms with Crippen molar-refractivity contribution >= 4 is 28.0 Å². The molecular formula is C29H25FN2O6S. The number of carbonyl (C=O) groups is 1. The summed E-state index contributed by atoms with van der Waals surface area (Å²) in [7, 11) is 0.330. The number of piperidine rings is 1. The molecule has 0 radical (unpaired) electrons. The number of nitriles is 1. The van der Waals surface area contributed by atoms with Crippen LogP contribution in [0.1, 0.15) is 16.7 Å². The summed E-state index contributed by atoms with van der Waals surface area (Å²) in [6, 6.07) is 16.4. The topological polar surface area (TPSA) is 106 Å². The maximum Gasteiger partial charge on any atom is 0.243 e. The number of hydrogen-bond acceptors (Lipinski definition) is 7. The van der Waals surface area contributed by atoms with E-state index in [1.807, 2.05) is 6.07 Å². The molecule has 0 amide bonds. The second-order valence-corrected chi connectivity index (χ2v) is 10.5. The van der Waals surface area contributed by atoms with E-state index in [9.17, 15) is 17.6 Å². The van der Waals surface area contributed by atoms with E-state index in [-0.39, 0.29) is 34.9 Å². The van der Waals surface area contributed by atoms with Crippen LogP contribution in [0.15, 0.2) is 76.7 Å². The van der Waals surface area contributed by atoms with Gasteiger partial charge >= 0.3 is 0 Å². The number of halogens is 1. The van der Waals surface area contributed by atoms with Crippen LogP contribution in [0.25, 0.3) is 12.2 Å². The van der Waals surface area contributed by atoms with Crippen molar-refractivity contribution in [2.45, 2.75) is 4.90 Å². The van der Waals surface area contributed by atoms with E-state index in [2.05, 4.69) is 0 Å². The molecule has 0 unspecified atom stereocenters. The highest BCUT2D eigenvalue weighted by molar-refractivity contribution is 7.89. The summed E-state index contributed by atoms with van der Waals surface area (Å²) in [4.78, 5) is 13.5. The highest BCUT2D eigenvalue weighted by Gasteiger charge is 2.34. The quantitative estimate of drug-likeness (QED) is 0.401. The molecular weight excluding hydrogens is 523 g/mol. The molecule has 3 aromatic rings. The fraction of sp³-hybridized carbons (Fsp3) is 0.172. The number of carbonyl (C=O) groups excluding carboxylic acids is 1. The van der Waals surface area contributed by atoms with Gasteiger partial charge in [-0.25, -0.2) is 12.8 Å². The zero-order valence-electron chi connectivity index (χ0n) is 21.5. The van der Waals surface area contributed by atoms with Crippen molar-refractivity contribution in [3.8, 4) is 23.3 Å². The van der Waals surface area contributed by atoms with Gasteiger partial charge in [0, 0.05) is 24.2 Å². The van der Waals surface area contributed by atoms with Gasteiger partial charge in [-0.05, 0) is 71.8 Å². The van der Waals surface area contributed by atoms with Crippen molar-refractivity contribution in [3.05, 3.63) is 94.3 Å². The zero-order chi connectivity index (χ0) is 28.2. The van der Waals surface area contributed by atoms with Crippen molar-refractivity contribution in [3.63, 3.8) is 0 Å². The third-order valence-corrected chi connectivity index (χ3v) is 7.94. The van der Waals surface area contributed by atoms with Gasteiger partial charge in [-0.3, -0.25) is 4.79 Å². The SMILES string of the molecule is COc1cc(/C=C2\CN(S(=O)(=O)c3ccc(F)cc3)C/C(=C\c3ccc(C#N)cc3)C2=O)cc(OC)c1OC. The van der Waals surface area contributed by atoms with Crippen molar-refractivity contribution in [2.24, 2.45) is 0 Å². The summed E-state index contributed by atoms with van der Waals surface area (Å²) in [6.45, 7) is -0.398. The van der Waals surface area contributed by atoms with Crippen LogP contribution < -0.4 is 14.2 Å². The van der Waals surface area contributed by atoms with Gasteiger partial charge in [-0.2, -0.15) is 9.57 Å². The molecule has 3 aromatic carbocycles. The molecule has 1 heterocycles. The van der Waals surface area contributed by atoms with E-state index in [1.54, 1.807) is 48.6 Å². The fourth-order valence-electron chi connectivity index (χ4n) is 4.17. The third-order valence-electron chi connectivity index (χ3n) is 6.14. The first-order chi connectivity index (χ1) is 18.7. The number of nitrogens with zero attached hydrogens (tertiary/aromatic N) is 2. The van der Waals surface area contributed by atoms with Crippen LogP contribution in [0.2, 0.25) is 0 Å². The summed E-state index contributed by atoms with van der Waals surface area (Å²) < 4.78 is 57.9. The van der Waals surface area contributed by atoms with E-state index in [0.29, 0.717) is 33.9 Å². The van der Waals surface area contributed by atoms with Gasteiger partial charge in [0.15, 0.2) is 17.3 Å². The van der Waals surface area contributed by atoms with Crippen LogP contribution in [0, 0.1) is 17.1 Å². The Bertz CT molecular complexity index is 1580. The molecule has 4 rings (SSSR count). The molecule has 1 aliphatic heterocycles. The van der Waals surface area contributed by atoms with Gasteiger partial charge in [0.05, 0.1) is 37.9 Å². The normalized spacial score (nSPS) is 16.2. The standard InChI is InChI=1S/C29H25FN2O6S/c1-36-26-14-21(15-27(37-2)29(26)38-3)13-23-18-32(39(34,35)25-10-8-24(30)9-11-25)17-22(28(23)33)12-19-4-6-20(16-31)7-5-19/h4-15H,17-18H2,1-3H3/b22-12+,23-13+. The number of methoxy groups -OCH3 is 3. The fourth-order valence-corrected chi connectivity index (χ4v) is 5.57. The minimum absolute atomic E-state index is 0.0943. The Balaban J connectivity index is 1.82. The molecule has 39 heavy (non-hydrogen) atoms. The van der Waals surface area contributed by atoms with Crippen LogP contribution in [0.4, 0.5) is 4.39 Å². The Morgan fingerprint density at radius 3 is 1.87 bits per heavy atom. The summed E-state index contributed by atoms with van der Waals surface area (Å²) in [5.74, 6) is 0.219. The maximum atomic E-state index is 13.6. The van der Waals surface area contributed by atoms with Gasteiger partial charge in [-0.1, -0.05) is 12.1 Å². The molecule has 1 saturated heterocycles. The molecule has 0 N–H and O–H groups in total. The Morgan fingerprint density at radius 2 is 1.38 bits per heavy atom. The zero-order valence-corrected chi connectivity index (χ0v) is 22.3. The van der Waals surface area contributed by atoms with Gasteiger partial charge in [0.1, 0.15) is 5.82 Å². The van der Waals surface area contributed by atoms with E-state index in [1.165, 1.54) is 37.8 Å². The van der Waals surface area contributed by atoms with Crippen molar-refractivity contribution < 1.29 is 31.8 Å². The van der Waals surface area contributed by atoms with Gasteiger partial charge in [0.2, 0.25) is 15.8 Å². The molecule has 10 heteroatoms. The number of benzene rings is 3. The second-order valence-electron chi connectivity index (χ2n) is 8.59. The average molecular weight is 549 g/mol. The smallest absolute Gasteiger partial charge is 0.243 e. The Morgan fingerprint density at radius 1 is 0.846 bits per heavy atom. The highest BCUT2D eigenvalue weighted by Crippen LogP contribution is 2.39. The minimum atomic E-state index is -4.08. The first-order valence-electron chi connectivity index (χ1n) is 11.7. The molecule has 200 valence electrons. The predicted octanol–water partition coefficient (Wildman–Crippen LogP) is 4.46. The van der Waals surface area contributed by atoms with Gasteiger partial charge < -0.3 is 14.2 Å². The molecule has 0 atom stereocenters. The molecule has 1 aliphatic rings. The molecule has 8 nitrogen and oxygen atoms in total. The lowest BCUT2D eigenvalue weighted by atomic mass is 9.95. The van der Waals surface area contributed by atoms with E-state index < -0.39 is 15.8 Å². The Kier molecular flexibility index (Phi) is 8.14. The molecule has 0 saturated carbocycles. The first kappa shape index (κ1) is 27.6. The molecule has 0 spiro atoms. The van der Waals surface area contributed by atoms with E-state index >= 15 is 0 Å². The lowest BCUT2D eigenvalue weighted by molar-refractivity contribution is -0.113. The number of ether oxygens (including phenoxy) is 3. The Labute approximate surface area is 226 Å². The van der Waals surface area contributed by atoms with Gasteiger partial charge in [-0.15, -0.1) is 0 Å². The molecule has 0 bridgehead atoms. The minimum Gasteiger partial charge on any atom is -0.493 e. The summed E-state index contributed by atoms with van der Waals surface area (Å²) >= 11 is 0. The van der Waals surface area contributed by atoms with Crippen LogP contribution in [0.3, 0.4) is 0 Å². The number of sulfonamides is 1. The van der Waals surface area contributed by atoms with Crippen LogP contribution >= 0.6 is 0 Å². The second kappa shape index (κ2) is 11.5. The number of hydrogen-bond donors (Lipinski definition) is 0. The molecule has 0 aromatic heterocycles.